The molecule has 0 aromatic heterocycles. The van der Waals surface area contributed by atoms with Gasteiger partial charge in [-0.05, 0) is 106 Å². The van der Waals surface area contributed by atoms with Gasteiger partial charge in [-0.2, -0.15) is 8.42 Å². The lowest BCUT2D eigenvalue weighted by Crippen LogP contribution is -2.71. The summed E-state index contributed by atoms with van der Waals surface area (Å²) in [4.78, 5) is 29.0. The molecule has 2 amide bonds. The zero-order chi connectivity index (χ0) is 42.2. The lowest BCUT2D eigenvalue weighted by atomic mass is 9.93. The summed E-state index contributed by atoms with van der Waals surface area (Å²) in [6, 6.07) is 21.7. The molecule has 0 fully saturated rings. The van der Waals surface area contributed by atoms with Gasteiger partial charge in [0.05, 0.1) is 11.8 Å². The minimum Gasteiger partial charge on any atom is -0.456 e. The molecule has 6 rings (SSSR count). The normalized spacial score (nSPS) is 12.2. The van der Waals surface area contributed by atoms with Gasteiger partial charge in [-0.3, -0.25) is 14.1 Å². The molecule has 5 N–H and O–H groups in total. The first kappa shape index (κ1) is 41.8. The van der Waals surface area contributed by atoms with Crippen LogP contribution in [0.2, 0.25) is 0 Å². The van der Waals surface area contributed by atoms with Crippen molar-refractivity contribution in [3.05, 3.63) is 112 Å². The van der Waals surface area contributed by atoms with Gasteiger partial charge in [0.1, 0.15) is 16.2 Å². The third kappa shape index (κ3) is 8.85. The van der Waals surface area contributed by atoms with Crippen LogP contribution in [0.5, 0.6) is 0 Å². The van der Waals surface area contributed by atoms with Crippen molar-refractivity contribution in [3.63, 3.8) is 0 Å². The van der Waals surface area contributed by atoms with Gasteiger partial charge in [-0.1, -0.05) is 52.0 Å². The Morgan fingerprint density at radius 2 is 1.28 bits per heavy atom. The molecule has 1 aliphatic carbocycles. The summed E-state index contributed by atoms with van der Waals surface area (Å²) in [7, 11) is -4.60. The molecule has 1 aliphatic heterocycles. The molecule has 0 radical (unpaired) electrons. The quantitative estimate of drug-likeness (QED) is 0.0647. The number of aryl methyl sites for hydroxylation is 4. The highest BCUT2D eigenvalue weighted by Gasteiger charge is 2.25. The smallest absolute Gasteiger partial charge is 0.295 e. The molecule has 0 bridgehead atoms. The Kier molecular flexibility index (Phi) is 12.0. The number of rotatable bonds is 11. The molecule has 302 valence electrons. The van der Waals surface area contributed by atoms with Gasteiger partial charge < -0.3 is 20.4 Å². The fourth-order valence-electron chi connectivity index (χ4n) is 7.79. The second-order valence-corrected chi connectivity index (χ2v) is 17.6. The number of anilines is 4. The number of benzene rings is 5. The molecule has 58 heavy (non-hydrogen) atoms. The summed E-state index contributed by atoms with van der Waals surface area (Å²) in [5, 5.41) is 11.1. The van der Waals surface area contributed by atoms with E-state index in [0.29, 0.717) is 57.3 Å². The lowest BCUT2D eigenvalue weighted by molar-refractivity contribution is -0.403. The summed E-state index contributed by atoms with van der Waals surface area (Å²) in [6.45, 7) is 20.0. The van der Waals surface area contributed by atoms with Crippen LogP contribution in [-0.2, 0) is 19.7 Å². The van der Waals surface area contributed by atoms with E-state index in [4.69, 9.17) is 4.42 Å². The lowest BCUT2D eigenvalue weighted by Gasteiger charge is -2.20. The molecule has 2 aliphatic rings. The Hall–Kier alpha value is -5.78. The molecule has 0 spiro atoms. The van der Waals surface area contributed by atoms with Crippen molar-refractivity contribution < 1.29 is 32.0 Å². The highest BCUT2D eigenvalue weighted by Crippen LogP contribution is 2.43. The molecule has 11 heteroatoms. The minimum atomic E-state index is -4.60. The first-order chi connectivity index (χ1) is 27.3. The van der Waals surface area contributed by atoms with Gasteiger partial charge in [0.25, 0.3) is 10.1 Å². The van der Waals surface area contributed by atoms with Crippen LogP contribution < -0.4 is 26.3 Å². The number of hydrogen-bond donors (Lipinski definition) is 5. The van der Waals surface area contributed by atoms with Crippen LogP contribution in [0.25, 0.3) is 33.4 Å². The molecule has 1 heterocycles. The summed E-state index contributed by atoms with van der Waals surface area (Å²) < 4.78 is 42.5. The van der Waals surface area contributed by atoms with Crippen molar-refractivity contribution in [1.29, 1.82) is 0 Å². The first-order valence-corrected chi connectivity index (χ1v) is 21.0. The Morgan fingerprint density at radius 3 is 1.90 bits per heavy atom. The van der Waals surface area contributed by atoms with Crippen LogP contribution >= 0.6 is 0 Å². The standard InChI is InChI=1S/C47H52N4O6S/c1-25(2)19-41(52)50-46-29(7)21-27(5)44(31(46)9)48-33-15-17-35-38(23-33)57-39-24-34(16-18-36(39)43(35)37-13-11-12-14-40(37)58(54,55)56)49-45-28(6)22-30(8)47(32(45)10)51-42(53)20-26(3)4/h11-18,21-26,48H,19-20H2,1-10H3,(H,50,52)(H,51,53)(H,54,55,56)/p+1. The van der Waals surface area contributed by atoms with Crippen LogP contribution in [0, 0.1) is 53.4 Å². The van der Waals surface area contributed by atoms with Crippen LogP contribution in [0.3, 0.4) is 0 Å². The monoisotopic (exact) mass is 801 g/mol. The topological polar surface area (TPSA) is 152 Å². The van der Waals surface area contributed by atoms with Crippen molar-refractivity contribution >= 4 is 61.3 Å². The molecule has 0 saturated carbocycles. The maximum Gasteiger partial charge on any atom is 0.295 e. The van der Waals surface area contributed by atoms with Crippen LogP contribution in [0.4, 0.5) is 28.4 Å². The molecule has 4 aromatic rings. The fourth-order valence-corrected chi connectivity index (χ4v) is 8.48. The SMILES string of the molecule is Cc1cc(C)c(Nc2ccc3c(-c4ccccc4S(=O)(=O)O)c4ccc(=[NH+]c5c(C)cc(C)c(NC(=O)CC(C)C)c5C)cc-4oc3c2)c(C)c1NC(=O)CC(C)C. The van der Waals surface area contributed by atoms with E-state index in [0.717, 1.165) is 56.1 Å². The molecule has 10 nitrogen and oxygen atoms in total. The highest BCUT2D eigenvalue weighted by atomic mass is 32.2. The van der Waals surface area contributed by atoms with Crippen LogP contribution in [-0.4, -0.2) is 24.8 Å². The summed E-state index contributed by atoms with van der Waals surface area (Å²) in [5.74, 6) is 0.834. The number of fused-ring (bicyclic) bond motifs is 2. The van der Waals surface area contributed by atoms with Crippen molar-refractivity contribution in [3.8, 4) is 22.5 Å². The third-order valence-electron chi connectivity index (χ3n) is 10.4. The number of carbonyl (C=O) groups excluding carboxylic acids is 2. The van der Waals surface area contributed by atoms with Crippen molar-refractivity contribution in [2.24, 2.45) is 11.8 Å². The molecule has 0 atom stereocenters. The third-order valence-corrected chi connectivity index (χ3v) is 11.3. The Labute approximate surface area is 340 Å². The summed E-state index contributed by atoms with van der Waals surface area (Å²) >= 11 is 0. The van der Waals surface area contributed by atoms with Gasteiger partial charge >= 0.3 is 0 Å². The van der Waals surface area contributed by atoms with Gasteiger partial charge in [0.2, 0.25) is 22.9 Å². The van der Waals surface area contributed by atoms with E-state index >= 15 is 0 Å². The number of amides is 2. The van der Waals surface area contributed by atoms with Crippen LogP contribution in [0.15, 0.2) is 82.1 Å². The van der Waals surface area contributed by atoms with E-state index in [-0.39, 0.29) is 28.5 Å². The van der Waals surface area contributed by atoms with E-state index in [1.54, 1.807) is 18.2 Å². The average molecular weight is 802 g/mol. The minimum absolute atomic E-state index is 0.0412. The number of nitrogens with one attached hydrogen (secondary N) is 4. The van der Waals surface area contributed by atoms with E-state index < -0.39 is 10.1 Å². The molecule has 0 saturated heterocycles. The van der Waals surface area contributed by atoms with E-state index in [2.05, 4.69) is 20.9 Å². The molecule has 0 unspecified atom stereocenters. The summed E-state index contributed by atoms with van der Waals surface area (Å²) in [5.41, 5.74) is 11.7. The number of carbonyl (C=O) groups is 2. The van der Waals surface area contributed by atoms with Gasteiger partial charge in [-0.15, -0.1) is 0 Å². The Balaban J connectivity index is 1.54. The van der Waals surface area contributed by atoms with Crippen molar-refractivity contribution in [2.75, 3.05) is 16.0 Å². The van der Waals surface area contributed by atoms with Crippen molar-refractivity contribution in [2.45, 2.75) is 87.0 Å². The van der Waals surface area contributed by atoms with Gasteiger partial charge in [0.15, 0.2) is 0 Å². The average Bonchev–Trinajstić information content (AvgIpc) is 3.13. The fraction of sp³-hybridized carbons (Fsp3) is 0.298. The molecule has 4 aromatic carbocycles. The molecular formula is C47H53N4O6S+. The zero-order valence-electron chi connectivity index (χ0n) is 34.9. The second-order valence-electron chi connectivity index (χ2n) is 16.2. The van der Waals surface area contributed by atoms with E-state index in [1.165, 1.54) is 6.07 Å². The maximum absolute atomic E-state index is 12.8. The Bertz CT molecular complexity index is 2750. The second kappa shape index (κ2) is 16.6. The Morgan fingerprint density at radius 1 is 0.690 bits per heavy atom. The summed E-state index contributed by atoms with van der Waals surface area (Å²) in [6.07, 6.45) is 0.829. The predicted octanol–water partition coefficient (Wildman–Crippen LogP) is 9.33. The first-order valence-electron chi connectivity index (χ1n) is 19.6. The highest BCUT2D eigenvalue weighted by molar-refractivity contribution is 7.86. The molecular weight excluding hydrogens is 749 g/mol. The van der Waals surface area contributed by atoms with E-state index in [1.807, 2.05) is 118 Å². The zero-order valence-corrected chi connectivity index (χ0v) is 35.7. The van der Waals surface area contributed by atoms with Gasteiger partial charge in [-0.25, -0.2) is 4.99 Å². The number of hydrogen-bond acceptors (Lipinski definition) is 6. The van der Waals surface area contributed by atoms with Crippen molar-refractivity contribution in [1.82, 2.24) is 0 Å². The maximum atomic E-state index is 12.8. The van der Waals surface area contributed by atoms with Crippen LogP contribution in [0.1, 0.15) is 73.9 Å². The van der Waals surface area contributed by atoms with E-state index in [9.17, 15) is 22.6 Å². The largest absolute Gasteiger partial charge is 0.456 e. The van der Waals surface area contributed by atoms with Gasteiger partial charge in [0, 0.05) is 75.2 Å². The predicted molar refractivity (Wildman–Crippen MR) is 233 cm³/mol.